The van der Waals surface area contributed by atoms with Crippen molar-refractivity contribution >= 4 is 33.4 Å². The Kier molecular flexibility index (Phi) is 6.78. The summed E-state index contributed by atoms with van der Waals surface area (Å²) in [5.41, 5.74) is 0.416. The van der Waals surface area contributed by atoms with Crippen molar-refractivity contribution in [1.82, 2.24) is 4.31 Å². The van der Waals surface area contributed by atoms with Crippen LogP contribution in [0.1, 0.15) is 18.9 Å². The van der Waals surface area contributed by atoms with Crippen LogP contribution >= 0.6 is 23.4 Å². The summed E-state index contributed by atoms with van der Waals surface area (Å²) in [5.74, 6) is 0.142. The highest BCUT2D eigenvalue weighted by Crippen LogP contribution is 2.25. The lowest BCUT2D eigenvalue weighted by atomic mass is 10.2. The van der Waals surface area contributed by atoms with Gasteiger partial charge in [0.05, 0.1) is 4.90 Å². The Bertz CT molecular complexity index is 551. The molecule has 0 saturated carbocycles. The van der Waals surface area contributed by atoms with Gasteiger partial charge in [0.25, 0.3) is 0 Å². The Labute approximate surface area is 129 Å². The van der Waals surface area contributed by atoms with Crippen molar-refractivity contribution in [2.45, 2.75) is 30.2 Å². The van der Waals surface area contributed by atoms with Crippen molar-refractivity contribution in [3.63, 3.8) is 0 Å². The first kappa shape index (κ1) is 17.8. The van der Waals surface area contributed by atoms with Gasteiger partial charge in [-0.25, -0.2) is 12.8 Å². The minimum Gasteiger partial charge on any atom is -0.207 e. The SMILES string of the molecule is CCC(CSC)N(C)S(=O)(=O)c1cc(F)ccc1CCl. The Morgan fingerprint density at radius 2 is 2.10 bits per heavy atom. The Balaban J connectivity index is 3.25. The van der Waals surface area contributed by atoms with Gasteiger partial charge in [0.1, 0.15) is 5.82 Å². The quantitative estimate of drug-likeness (QED) is 0.715. The number of nitrogens with zero attached hydrogens (tertiary/aromatic N) is 1. The summed E-state index contributed by atoms with van der Waals surface area (Å²) in [5, 5.41) is 0. The van der Waals surface area contributed by atoms with Crippen molar-refractivity contribution in [1.29, 1.82) is 0 Å². The highest BCUT2D eigenvalue weighted by molar-refractivity contribution is 7.98. The largest absolute Gasteiger partial charge is 0.243 e. The summed E-state index contributed by atoms with van der Waals surface area (Å²) < 4.78 is 40.0. The lowest BCUT2D eigenvalue weighted by molar-refractivity contribution is 0.385. The first-order valence-electron chi connectivity index (χ1n) is 6.19. The molecule has 0 saturated heterocycles. The summed E-state index contributed by atoms with van der Waals surface area (Å²) in [6.45, 7) is 1.93. The van der Waals surface area contributed by atoms with Gasteiger partial charge in [-0.15, -0.1) is 11.6 Å². The maximum Gasteiger partial charge on any atom is 0.243 e. The molecule has 20 heavy (non-hydrogen) atoms. The number of benzene rings is 1. The van der Waals surface area contributed by atoms with E-state index in [1.165, 1.54) is 23.5 Å². The minimum absolute atomic E-state index is 0.0298. The molecule has 0 N–H and O–H groups in total. The van der Waals surface area contributed by atoms with Crippen LogP contribution in [0.5, 0.6) is 0 Å². The van der Waals surface area contributed by atoms with Gasteiger partial charge in [-0.3, -0.25) is 0 Å². The van der Waals surface area contributed by atoms with Gasteiger partial charge in [-0.1, -0.05) is 13.0 Å². The molecule has 1 rings (SSSR count). The van der Waals surface area contributed by atoms with E-state index in [2.05, 4.69) is 0 Å². The zero-order valence-corrected chi connectivity index (χ0v) is 14.2. The van der Waals surface area contributed by atoms with Gasteiger partial charge in [0, 0.05) is 24.7 Å². The standard InChI is InChI=1S/C13H19ClFNO2S2/c1-4-12(9-19-3)16(2)20(17,18)13-7-11(15)6-5-10(13)8-14/h5-7,12H,4,8-9H2,1-3H3. The summed E-state index contributed by atoms with van der Waals surface area (Å²) in [6.07, 6.45) is 2.62. The number of halogens is 2. The number of thioether (sulfide) groups is 1. The van der Waals surface area contributed by atoms with E-state index < -0.39 is 15.8 Å². The first-order valence-corrected chi connectivity index (χ1v) is 9.56. The van der Waals surface area contributed by atoms with Crippen LogP contribution < -0.4 is 0 Å². The topological polar surface area (TPSA) is 37.4 Å². The highest BCUT2D eigenvalue weighted by Gasteiger charge is 2.29. The van der Waals surface area contributed by atoms with Gasteiger partial charge < -0.3 is 0 Å². The van der Waals surface area contributed by atoms with Crippen molar-refractivity contribution in [2.24, 2.45) is 0 Å². The summed E-state index contributed by atoms with van der Waals surface area (Å²) in [6, 6.07) is 3.55. The molecule has 7 heteroatoms. The maximum atomic E-state index is 13.4. The number of rotatable bonds is 7. The van der Waals surface area contributed by atoms with Crippen LogP contribution in [0.2, 0.25) is 0 Å². The molecular formula is C13H19ClFNO2S2. The molecular weight excluding hydrogens is 321 g/mol. The third-order valence-corrected chi connectivity index (χ3v) is 6.17. The number of hydrogen-bond donors (Lipinski definition) is 0. The fourth-order valence-corrected chi connectivity index (χ4v) is 4.81. The lowest BCUT2D eigenvalue weighted by Gasteiger charge is -2.26. The van der Waals surface area contributed by atoms with Crippen LogP contribution in [0, 0.1) is 5.82 Å². The predicted octanol–water partition coefficient (Wildman–Crippen LogP) is 3.33. The second kappa shape index (κ2) is 7.64. The molecule has 0 aromatic heterocycles. The van der Waals surface area contributed by atoms with E-state index in [4.69, 9.17) is 11.6 Å². The van der Waals surface area contributed by atoms with Gasteiger partial charge in [-0.2, -0.15) is 16.1 Å². The highest BCUT2D eigenvalue weighted by atomic mass is 35.5. The van der Waals surface area contributed by atoms with Crippen LogP contribution in [-0.4, -0.2) is 37.8 Å². The monoisotopic (exact) mass is 339 g/mol. The van der Waals surface area contributed by atoms with Crippen LogP contribution in [-0.2, 0) is 15.9 Å². The zero-order chi connectivity index (χ0) is 15.3. The molecule has 114 valence electrons. The van der Waals surface area contributed by atoms with Crippen molar-refractivity contribution < 1.29 is 12.8 Å². The maximum absolute atomic E-state index is 13.4. The molecule has 1 atom stereocenters. The smallest absolute Gasteiger partial charge is 0.207 e. The van der Waals surface area contributed by atoms with Crippen LogP contribution in [0.3, 0.4) is 0 Å². The molecule has 1 unspecified atom stereocenters. The summed E-state index contributed by atoms with van der Waals surface area (Å²) in [7, 11) is -2.21. The molecule has 0 fully saturated rings. The second-order valence-electron chi connectivity index (χ2n) is 4.42. The molecule has 0 spiro atoms. The predicted molar refractivity (Wildman–Crippen MR) is 83.4 cm³/mol. The van der Waals surface area contributed by atoms with Crippen LogP contribution in [0.15, 0.2) is 23.1 Å². The van der Waals surface area contributed by atoms with Crippen LogP contribution in [0.25, 0.3) is 0 Å². The van der Waals surface area contributed by atoms with Crippen molar-refractivity contribution in [2.75, 3.05) is 19.1 Å². The van der Waals surface area contributed by atoms with E-state index in [9.17, 15) is 12.8 Å². The van der Waals surface area contributed by atoms with E-state index in [0.717, 1.165) is 6.07 Å². The first-order chi connectivity index (χ1) is 9.38. The van der Waals surface area contributed by atoms with Crippen LogP contribution in [0.4, 0.5) is 4.39 Å². The third-order valence-electron chi connectivity index (χ3n) is 3.17. The van der Waals surface area contributed by atoms with E-state index >= 15 is 0 Å². The van der Waals surface area contributed by atoms with Gasteiger partial charge >= 0.3 is 0 Å². The Hall–Kier alpha value is -0.300. The normalized spacial score (nSPS) is 13.7. The fourth-order valence-electron chi connectivity index (χ4n) is 1.90. The minimum atomic E-state index is -3.74. The third kappa shape index (κ3) is 3.87. The van der Waals surface area contributed by atoms with Crippen molar-refractivity contribution in [3.8, 4) is 0 Å². The van der Waals surface area contributed by atoms with E-state index in [-0.39, 0.29) is 16.8 Å². The van der Waals surface area contributed by atoms with E-state index in [0.29, 0.717) is 17.7 Å². The molecule has 0 radical (unpaired) electrons. The summed E-state index contributed by atoms with van der Waals surface area (Å²) in [4.78, 5) is -0.0467. The molecule has 0 heterocycles. The van der Waals surface area contributed by atoms with Gasteiger partial charge in [0.2, 0.25) is 10.0 Å². The Morgan fingerprint density at radius 3 is 2.60 bits per heavy atom. The number of alkyl halides is 1. The van der Waals surface area contributed by atoms with E-state index in [1.807, 2.05) is 13.2 Å². The lowest BCUT2D eigenvalue weighted by Crippen LogP contribution is -2.38. The number of sulfonamides is 1. The molecule has 1 aromatic carbocycles. The molecule has 0 aliphatic heterocycles. The fraction of sp³-hybridized carbons (Fsp3) is 0.538. The molecule has 0 bridgehead atoms. The molecule has 3 nitrogen and oxygen atoms in total. The zero-order valence-electron chi connectivity index (χ0n) is 11.8. The molecule has 0 aliphatic rings. The average molecular weight is 340 g/mol. The molecule has 0 aliphatic carbocycles. The molecule has 1 aromatic rings. The van der Waals surface area contributed by atoms with Crippen molar-refractivity contribution in [3.05, 3.63) is 29.6 Å². The van der Waals surface area contributed by atoms with E-state index in [1.54, 1.807) is 11.8 Å². The average Bonchev–Trinajstić information content (AvgIpc) is 2.43. The molecule has 0 amide bonds. The Morgan fingerprint density at radius 1 is 1.45 bits per heavy atom. The summed E-state index contributed by atoms with van der Waals surface area (Å²) >= 11 is 7.34. The van der Waals surface area contributed by atoms with Gasteiger partial charge in [0.15, 0.2) is 0 Å². The van der Waals surface area contributed by atoms with Gasteiger partial charge in [-0.05, 0) is 30.4 Å². The number of hydrogen-bond acceptors (Lipinski definition) is 3. The second-order valence-corrected chi connectivity index (χ2v) is 7.57.